The molecule has 2 heterocycles. The first-order chi connectivity index (χ1) is 10.1. The van der Waals surface area contributed by atoms with E-state index in [1.54, 1.807) is 11.9 Å². The lowest BCUT2D eigenvalue weighted by atomic mass is 10.3. The monoisotopic (exact) mass is 286 g/mol. The largest absolute Gasteiger partial charge is 0.379 e. The summed E-state index contributed by atoms with van der Waals surface area (Å²) in [5.74, 6) is 0.719. The van der Waals surface area contributed by atoms with E-state index in [4.69, 9.17) is 5.73 Å². The Kier molecular flexibility index (Phi) is 3.27. The number of imidazole rings is 1. The van der Waals surface area contributed by atoms with E-state index in [-0.39, 0.29) is 18.1 Å². The molecule has 0 aliphatic rings. The molecule has 3 N–H and O–H groups in total. The maximum atomic E-state index is 12.1. The molecule has 8 nitrogen and oxygen atoms in total. The van der Waals surface area contributed by atoms with Crippen LogP contribution in [0.5, 0.6) is 0 Å². The summed E-state index contributed by atoms with van der Waals surface area (Å²) in [7, 11) is 1.69. The number of rotatable bonds is 4. The van der Waals surface area contributed by atoms with Gasteiger partial charge in [-0.3, -0.25) is 4.79 Å². The zero-order chi connectivity index (χ0) is 14.8. The van der Waals surface area contributed by atoms with E-state index >= 15 is 0 Å². The van der Waals surface area contributed by atoms with Gasteiger partial charge in [0.2, 0.25) is 5.91 Å². The molecule has 3 aromatic rings. The predicted molar refractivity (Wildman–Crippen MR) is 75.0 cm³/mol. The highest BCUT2D eigenvalue weighted by atomic mass is 16.6. The Morgan fingerprint density at radius 2 is 2.19 bits per heavy atom. The van der Waals surface area contributed by atoms with Gasteiger partial charge < -0.3 is 15.6 Å². The SMILES string of the molecule is CN(Cc1nc2ccccc2[nH]1)C(=O)Cc1nonc1N. The van der Waals surface area contributed by atoms with Crippen LogP contribution in [0.15, 0.2) is 28.9 Å². The number of aromatic nitrogens is 4. The van der Waals surface area contributed by atoms with Crippen LogP contribution in [0.1, 0.15) is 11.5 Å². The van der Waals surface area contributed by atoms with Crippen molar-refractivity contribution in [2.24, 2.45) is 0 Å². The first-order valence-corrected chi connectivity index (χ1v) is 6.38. The third-order valence-electron chi connectivity index (χ3n) is 3.16. The van der Waals surface area contributed by atoms with Crippen LogP contribution in [0.4, 0.5) is 5.82 Å². The predicted octanol–water partition coefficient (Wildman–Crippen LogP) is 0.729. The second-order valence-corrected chi connectivity index (χ2v) is 4.72. The van der Waals surface area contributed by atoms with Crippen LogP contribution in [0.25, 0.3) is 11.0 Å². The average molecular weight is 286 g/mol. The van der Waals surface area contributed by atoms with E-state index in [2.05, 4.69) is 24.9 Å². The number of anilines is 1. The number of aromatic amines is 1. The van der Waals surface area contributed by atoms with Crippen LogP contribution >= 0.6 is 0 Å². The highest BCUT2D eigenvalue weighted by Crippen LogP contribution is 2.12. The second-order valence-electron chi connectivity index (χ2n) is 4.72. The van der Waals surface area contributed by atoms with Crippen molar-refractivity contribution in [3.8, 4) is 0 Å². The molecule has 1 amide bonds. The Balaban J connectivity index is 1.69. The topological polar surface area (TPSA) is 114 Å². The molecule has 0 saturated heterocycles. The number of H-pyrrole nitrogens is 1. The van der Waals surface area contributed by atoms with Gasteiger partial charge in [0.1, 0.15) is 11.5 Å². The van der Waals surface area contributed by atoms with E-state index in [1.165, 1.54) is 0 Å². The normalized spacial score (nSPS) is 10.9. The van der Waals surface area contributed by atoms with Crippen molar-refractivity contribution in [2.75, 3.05) is 12.8 Å². The maximum absolute atomic E-state index is 12.1. The van der Waals surface area contributed by atoms with E-state index in [0.717, 1.165) is 16.9 Å². The highest BCUT2D eigenvalue weighted by Gasteiger charge is 2.16. The number of nitrogens with one attached hydrogen (secondary N) is 1. The molecule has 108 valence electrons. The molecule has 0 fully saturated rings. The summed E-state index contributed by atoms with van der Waals surface area (Å²) in [6.45, 7) is 0.374. The van der Waals surface area contributed by atoms with E-state index in [9.17, 15) is 4.79 Å². The number of carbonyl (C=O) groups is 1. The van der Waals surface area contributed by atoms with Crippen molar-refractivity contribution >= 4 is 22.8 Å². The first kappa shape index (κ1) is 13.1. The van der Waals surface area contributed by atoms with Gasteiger partial charge in [0.05, 0.1) is 24.0 Å². The molecule has 0 unspecified atom stereocenters. The van der Waals surface area contributed by atoms with Gasteiger partial charge >= 0.3 is 0 Å². The Hall–Kier alpha value is -2.90. The van der Waals surface area contributed by atoms with Crippen LogP contribution in [-0.4, -0.2) is 38.1 Å². The molecule has 0 spiro atoms. The van der Waals surface area contributed by atoms with Crippen molar-refractivity contribution < 1.29 is 9.42 Å². The van der Waals surface area contributed by atoms with Crippen LogP contribution in [0.2, 0.25) is 0 Å². The van der Waals surface area contributed by atoms with Crippen LogP contribution in [0.3, 0.4) is 0 Å². The Morgan fingerprint density at radius 1 is 1.38 bits per heavy atom. The van der Waals surface area contributed by atoms with Gasteiger partial charge in [-0.2, -0.15) is 0 Å². The smallest absolute Gasteiger partial charge is 0.229 e. The molecule has 0 atom stereocenters. The minimum Gasteiger partial charge on any atom is -0.379 e. The lowest BCUT2D eigenvalue weighted by Crippen LogP contribution is -2.28. The average Bonchev–Trinajstić information content (AvgIpc) is 3.04. The van der Waals surface area contributed by atoms with E-state index in [1.807, 2.05) is 24.3 Å². The van der Waals surface area contributed by atoms with Gasteiger partial charge in [0.15, 0.2) is 5.82 Å². The van der Waals surface area contributed by atoms with E-state index < -0.39 is 0 Å². The minimum atomic E-state index is -0.141. The zero-order valence-electron chi connectivity index (χ0n) is 11.4. The van der Waals surface area contributed by atoms with Crippen LogP contribution in [-0.2, 0) is 17.8 Å². The minimum absolute atomic E-state index is 0.0477. The van der Waals surface area contributed by atoms with Crippen LogP contribution in [0, 0.1) is 0 Å². The number of para-hydroxylation sites is 2. The van der Waals surface area contributed by atoms with Gasteiger partial charge in [-0.1, -0.05) is 17.3 Å². The van der Waals surface area contributed by atoms with Gasteiger partial charge in [-0.15, -0.1) is 0 Å². The molecule has 0 aliphatic heterocycles. The molecule has 0 bridgehead atoms. The molecular weight excluding hydrogens is 272 g/mol. The molecule has 2 aromatic heterocycles. The second kappa shape index (κ2) is 5.23. The van der Waals surface area contributed by atoms with Gasteiger partial charge in [0, 0.05) is 7.05 Å². The summed E-state index contributed by atoms with van der Waals surface area (Å²) in [5.41, 5.74) is 7.70. The third kappa shape index (κ3) is 2.69. The first-order valence-electron chi connectivity index (χ1n) is 6.38. The molecular formula is C13H14N6O2. The fourth-order valence-electron chi connectivity index (χ4n) is 2.01. The number of hydrogen-bond acceptors (Lipinski definition) is 6. The fourth-order valence-corrected chi connectivity index (χ4v) is 2.01. The number of benzene rings is 1. The van der Waals surface area contributed by atoms with Crippen LogP contribution < -0.4 is 5.73 Å². The molecule has 21 heavy (non-hydrogen) atoms. The van der Waals surface area contributed by atoms with Crippen molar-refractivity contribution in [1.82, 2.24) is 25.2 Å². The van der Waals surface area contributed by atoms with Gasteiger partial charge in [-0.05, 0) is 17.3 Å². The number of carbonyl (C=O) groups excluding carboxylic acids is 1. The standard InChI is InChI=1S/C13H14N6O2/c1-19(12(20)6-10-13(14)18-21-17-10)7-11-15-8-4-2-3-5-9(8)16-11/h2-5H,6-7H2,1H3,(H2,14,18)(H,15,16). The summed E-state index contributed by atoms with van der Waals surface area (Å²) in [4.78, 5) is 21.3. The molecule has 1 aromatic carbocycles. The Labute approximate surface area is 119 Å². The number of nitrogens with zero attached hydrogens (tertiary/aromatic N) is 4. The number of amides is 1. The number of hydrogen-bond donors (Lipinski definition) is 2. The molecule has 3 rings (SSSR count). The fraction of sp³-hybridized carbons (Fsp3) is 0.231. The summed E-state index contributed by atoms with van der Waals surface area (Å²) < 4.78 is 4.47. The molecule has 0 radical (unpaired) electrons. The molecule has 0 aliphatic carbocycles. The van der Waals surface area contributed by atoms with Crippen molar-refractivity contribution in [1.29, 1.82) is 0 Å². The lowest BCUT2D eigenvalue weighted by molar-refractivity contribution is -0.129. The number of likely N-dealkylation sites (N-methyl/N-ethyl adjacent to an activating group) is 1. The summed E-state index contributed by atoms with van der Waals surface area (Å²) >= 11 is 0. The van der Waals surface area contributed by atoms with E-state index in [0.29, 0.717) is 12.2 Å². The summed E-state index contributed by atoms with van der Waals surface area (Å²) in [5, 5.41) is 7.04. The lowest BCUT2D eigenvalue weighted by Gasteiger charge is -2.14. The number of nitrogens with two attached hydrogens (primary N) is 1. The third-order valence-corrected chi connectivity index (χ3v) is 3.16. The molecule has 0 saturated carbocycles. The maximum Gasteiger partial charge on any atom is 0.229 e. The van der Waals surface area contributed by atoms with Crippen molar-refractivity contribution in [3.05, 3.63) is 35.8 Å². The van der Waals surface area contributed by atoms with Gasteiger partial charge in [0.25, 0.3) is 0 Å². The summed E-state index contributed by atoms with van der Waals surface area (Å²) in [6, 6.07) is 7.70. The summed E-state index contributed by atoms with van der Waals surface area (Å²) in [6.07, 6.45) is 0.0477. The van der Waals surface area contributed by atoms with Gasteiger partial charge in [-0.25, -0.2) is 9.61 Å². The highest BCUT2D eigenvalue weighted by molar-refractivity contribution is 5.79. The Morgan fingerprint density at radius 3 is 2.90 bits per heavy atom. The number of fused-ring (bicyclic) bond motifs is 1. The number of nitrogen functional groups attached to an aromatic ring is 1. The van der Waals surface area contributed by atoms with Crippen molar-refractivity contribution in [2.45, 2.75) is 13.0 Å². The molecule has 8 heteroatoms. The van der Waals surface area contributed by atoms with Crippen molar-refractivity contribution in [3.63, 3.8) is 0 Å². The zero-order valence-corrected chi connectivity index (χ0v) is 11.4. The quantitative estimate of drug-likeness (QED) is 0.730. The Bertz CT molecular complexity index is 745.